The van der Waals surface area contributed by atoms with Crippen LogP contribution in [0.5, 0.6) is 0 Å². The minimum absolute atomic E-state index is 0.0453. The van der Waals surface area contributed by atoms with E-state index in [-0.39, 0.29) is 23.8 Å². The summed E-state index contributed by atoms with van der Waals surface area (Å²) >= 11 is 7.46. The molecule has 0 saturated carbocycles. The molecular formula is C16H19ClN2O2S. The fourth-order valence-corrected chi connectivity index (χ4v) is 3.20. The minimum atomic E-state index is -0.262. The zero-order chi connectivity index (χ0) is 16.1. The highest BCUT2D eigenvalue weighted by Crippen LogP contribution is 2.31. The number of hydrogen-bond acceptors (Lipinski definition) is 4. The van der Waals surface area contributed by atoms with Gasteiger partial charge in [-0.2, -0.15) is 0 Å². The van der Waals surface area contributed by atoms with Crippen molar-refractivity contribution in [2.24, 2.45) is 0 Å². The Hall–Kier alpha value is -1.30. The number of fused-ring (bicyclic) bond motifs is 1. The van der Waals surface area contributed by atoms with Gasteiger partial charge in [-0.05, 0) is 31.5 Å². The monoisotopic (exact) mass is 338 g/mol. The van der Waals surface area contributed by atoms with Crippen LogP contribution < -0.4 is 5.32 Å². The van der Waals surface area contributed by atoms with Crippen LogP contribution >= 0.6 is 23.4 Å². The third kappa shape index (κ3) is 4.12. The molecule has 4 nitrogen and oxygen atoms in total. The van der Waals surface area contributed by atoms with Crippen LogP contribution in [0.2, 0.25) is 5.02 Å². The van der Waals surface area contributed by atoms with Gasteiger partial charge in [-0.15, -0.1) is 11.8 Å². The number of nitrogens with one attached hydrogen (secondary N) is 1. The molecule has 1 aromatic heterocycles. The van der Waals surface area contributed by atoms with Crippen LogP contribution in [0.25, 0.3) is 10.9 Å². The quantitative estimate of drug-likeness (QED) is 0.794. The summed E-state index contributed by atoms with van der Waals surface area (Å²) in [6.07, 6.45) is 2.42. The lowest BCUT2D eigenvalue weighted by molar-refractivity contribution is -0.121. The van der Waals surface area contributed by atoms with Gasteiger partial charge in [0.1, 0.15) is 0 Å². The number of benzene rings is 1. The molecule has 0 radical (unpaired) electrons. The molecule has 2 unspecified atom stereocenters. The van der Waals surface area contributed by atoms with Crippen LogP contribution in [0.1, 0.15) is 20.3 Å². The maximum Gasteiger partial charge on any atom is 0.233 e. The lowest BCUT2D eigenvalue weighted by Gasteiger charge is -2.18. The molecule has 2 rings (SSSR count). The van der Waals surface area contributed by atoms with Gasteiger partial charge in [0.2, 0.25) is 5.91 Å². The van der Waals surface area contributed by atoms with Crippen molar-refractivity contribution in [1.29, 1.82) is 0 Å². The Morgan fingerprint density at radius 1 is 1.45 bits per heavy atom. The van der Waals surface area contributed by atoms with Crippen LogP contribution in [0, 0.1) is 0 Å². The van der Waals surface area contributed by atoms with E-state index < -0.39 is 0 Å². The molecule has 2 N–H and O–H groups in total. The minimum Gasteiger partial charge on any atom is -0.394 e. The van der Waals surface area contributed by atoms with Crippen molar-refractivity contribution in [2.75, 3.05) is 6.61 Å². The van der Waals surface area contributed by atoms with Crippen molar-refractivity contribution in [3.63, 3.8) is 0 Å². The van der Waals surface area contributed by atoms with Crippen molar-refractivity contribution in [3.05, 3.63) is 35.5 Å². The normalized spacial score (nSPS) is 13.8. The van der Waals surface area contributed by atoms with Gasteiger partial charge in [-0.1, -0.05) is 24.6 Å². The number of halogens is 1. The van der Waals surface area contributed by atoms with Crippen molar-refractivity contribution in [1.82, 2.24) is 10.3 Å². The average Bonchev–Trinajstić information content (AvgIpc) is 2.52. The van der Waals surface area contributed by atoms with Gasteiger partial charge in [0.15, 0.2) is 0 Å². The Balaban J connectivity index is 2.15. The highest BCUT2D eigenvalue weighted by Gasteiger charge is 2.18. The summed E-state index contributed by atoms with van der Waals surface area (Å²) < 4.78 is 0. The number of aliphatic hydroxyl groups is 1. The molecule has 0 bridgehead atoms. The first kappa shape index (κ1) is 17.1. The highest BCUT2D eigenvalue weighted by molar-refractivity contribution is 8.00. The number of aliphatic hydroxyl groups excluding tert-OH is 1. The second kappa shape index (κ2) is 7.81. The first-order valence-electron chi connectivity index (χ1n) is 7.17. The second-order valence-corrected chi connectivity index (χ2v) is 6.85. The average molecular weight is 339 g/mol. The smallest absolute Gasteiger partial charge is 0.233 e. The molecule has 2 aromatic rings. The zero-order valence-electron chi connectivity index (χ0n) is 12.5. The molecule has 6 heteroatoms. The van der Waals surface area contributed by atoms with Gasteiger partial charge >= 0.3 is 0 Å². The number of carbonyl (C=O) groups excluding carboxylic acids is 1. The standard InChI is InChI=1S/C16H19ClN2O2S/c1-3-12(9-20)19-16(21)10(2)22-15-6-7-18-14-8-11(17)4-5-13(14)15/h4-8,10,12,20H,3,9H2,1-2H3,(H,19,21). The molecule has 0 spiro atoms. The molecule has 0 aliphatic carbocycles. The largest absolute Gasteiger partial charge is 0.394 e. The van der Waals surface area contributed by atoms with E-state index in [0.29, 0.717) is 11.4 Å². The molecule has 0 fully saturated rings. The maximum atomic E-state index is 12.2. The predicted octanol–water partition coefficient (Wildman–Crippen LogP) is 3.26. The summed E-state index contributed by atoms with van der Waals surface area (Å²) in [5.74, 6) is -0.0789. The number of aromatic nitrogens is 1. The molecule has 0 saturated heterocycles. The van der Waals surface area contributed by atoms with E-state index in [1.54, 1.807) is 6.20 Å². The van der Waals surface area contributed by atoms with Crippen LogP contribution in [-0.4, -0.2) is 33.9 Å². The number of hydrogen-bond donors (Lipinski definition) is 2. The summed E-state index contributed by atoms with van der Waals surface area (Å²) in [5.41, 5.74) is 0.812. The Bertz CT molecular complexity index is 662. The molecule has 1 amide bonds. The van der Waals surface area contributed by atoms with E-state index >= 15 is 0 Å². The lowest BCUT2D eigenvalue weighted by Crippen LogP contribution is -2.40. The molecule has 118 valence electrons. The molecule has 2 atom stereocenters. The van der Waals surface area contributed by atoms with Gasteiger partial charge in [-0.25, -0.2) is 0 Å². The number of rotatable bonds is 6. The number of amides is 1. The SMILES string of the molecule is CCC(CO)NC(=O)C(C)Sc1ccnc2cc(Cl)ccc12. The van der Waals surface area contributed by atoms with Gasteiger partial charge in [0.25, 0.3) is 0 Å². The van der Waals surface area contributed by atoms with E-state index in [4.69, 9.17) is 11.6 Å². The Labute approximate surface area is 139 Å². The summed E-state index contributed by atoms with van der Waals surface area (Å²) in [4.78, 5) is 17.5. The van der Waals surface area contributed by atoms with Crippen LogP contribution in [0.15, 0.2) is 35.4 Å². The number of pyridine rings is 1. The van der Waals surface area contributed by atoms with Crippen LogP contribution in [0.3, 0.4) is 0 Å². The Morgan fingerprint density at radius 3 is 2.91 bits per heavy atom. The lowest BCUT2D eigenvalue weighted by atomic mass is 10.2. The third-order valence-corrected chi connectivity index (χ3v) is 4.81. The third-order valence-electron chi connectivity index (χ3n) is 3.40. The second-order valence-electron chi connectivity index (χ2n) is 5.03. The predicted molar refractivity (Wildman–Crippen MR) is 91.4 cm³/mol. The van der Waals surface area contributed by atoms with Crippen molar-refractivity contribution >= 4 is 40.2 Å². The van der Waals surface area contributed by atoms with Crippen molar-refractivity contribution in [2.45, 2.75) is 36.5 Å². The fourth-order valence-electron chi connectivity index (χ4n) is 2.04. The highest BCUT2D eigenvalue weighted by atomic mass is 35.5. The van der Waals surface area contributed by atoms with Crippen molar-refractivity contribution in [3.8, 4) is 0 Å². The first-order valence-corrected chi connectivity index (χ1v) is 8.43. The molecule has 1 heterocycles. The number of carbonyl (C=O) groups is 1. The van der Waals surface area contributed by atoms with Gasteiger partial charge in [0, 0.05) is 21.5 Å². The Morgan fingerprint density at radius 2 is 2.23 bits per heavy atom. The molecule has 0 aliphatic heterocycles. The summed E-state index contributed by atoms with van der Waals surface area (Å²) in [6.45, 7) is 3.74. The molecule has 1 aromatic carbocycles. The van der Waals surface area contributed by atoms with Gasteiger partial charge in [0.05, 0.1) is 23.4 Å². The van der Waals surface area contributed by atoms with E-state index in [0.717, 1.165) is 15.8 Å². The maximum absolute atomic E-state index is 12.2. The number of thioether (sulfide) groups is 1. The van der Waals surface area contributed by atoms with E-state index in [9.17, 15) is 9.90 Å². The first-order chi connectivity index (χ1) is 10.5. The van der Waals surface area contributed by atoms with E-state index in [2.05, 4.69) is 10.3 Å². The van der Waals surface area contributed by atoms with Crippen molar-refractivity contribution < 1.29 is 9.90 Å². The van der Waals surface area contributed by atoms with E-state index in [1.165, 1.54) is 11.8 Å². The molecule has 22 heavy (non-hydrogen) atoms. The number of nitrogens with zero attached hydrogens (tertiary/aromatic N) is 1. The van der Waals surface area contributed by atoms with Gasteiger partial charge < -0.3 is 10.4 Å². The van der Waals surface area contributed by atoms with E-state index in [1.807, 2.05) is 38.1 Å². The molecular weight excluding hydrogens is 320 g/mol. The fraction of sp³-hybridized carbons (Fsp3) is 0.375. The van der Waals surface area contributed by atoms with Gasteiger partial charge in [-0.3, -0.25) is 9.78 Å². The molecule has 0 aliphatic rings. The summed E-state index contributed by atoms with van der Waals surface area (Å²) in [6, 6.07) is 7.25. The van der Waals surface area contributed by atoms with Crippen LogP contribution in [0.4, 0.5) is 0 Å². The summed E-state index contributed by atoms with van der Waals surface area (Å²) in [7, 11) is 0. The zero-order valence-corrected chi connectivity index (χ0v) is 14.1. The Kier molecular flexibility index (Phi) is 6.06. The topological polar surface area (TPSA) is 62.2 Å². The summed E-state index contributed by atoms with van der Waals surface area (Å²) in [5, 5.41) is 13.4. The van der Waals surface area contributed by atoms with Crippen LogP contribution in [-0.2, 0) is 4.79 Å².